The zero-order valence-corrected chi connectivity index (χ0v) is 9.10. The molecule has 0 amide bonds. The number of fused-ring (bicyclic) bond motifs is 1. The van der Waals surface area contributed by atoms with Gasteiger partial charge in [0, 0.05) is 5.39 Å². The summed E-state index contributed by atoms with van der Waals surface area (Å²) in [6.45, 7) is 1.85. The molecule has 82 valence electrons. The largest absolute Gasteiger partial charge is 0.240 e. The van der Waals surface area contributed by atoms with E-state index in [4.69, 9.17) is 0 Å². The average Bonchev–Trinajstić information content (AvgIpc) is 2.36. The van der Waals surface area contributed by atoms with E-state index in [2.05, 4.69) is 9.98 Å². The molecule has 0 N–H and O–H groups in total. The molecule has 0 heterocycles. The van der Waals surface area contributed by atoms with E-state index in [-0.39, 0.29) is 0 Å². The van der Waals surface area contributed by atoms with Gasteiger partial charge in [-0.05, 0) is 23.9 Å². The summed E-state index contributed by atoms with van der Waals surface area (Å²) in [6, 6.07) is 9.05. The molecule has 0 aliphatic heterocycles. The number of aliphatic imine (C=N–C) groups is 2. The van der Waals surface area contributed by atoms with Crippen LogP contribution in [0.2, 0.25) is 0 Å². The number of carbonyl (C=O) groups excluding carboxylic acids is 2. The minimum Gasteiger partial charge on any atom is -0.211 e. The summed E-state index contributed by atoms with van der Waals surface area (Å²) in [4.78, 5) is 27.9. The summed E-state index contributed by atoms with van der Waals surface area (Å²) in [5.41, 5.74) is 1.77. The maximum absolute atomic E-state index is 10.4. The van der Waals surface area contributed by atoms with Gasteiger partial charge in [0.25, 0.3) is 0 Å². The molecular formula is C13H8N2O2. The first-order valence-electron chi connectivity index (χ1n) is 4.96. The van der Waals surface area contributed by atoms with Gasteiger partial charge in [-0.2, -0.15) is 9.98 Å². The van der Waals surface area contributed by atoms with Gasteiger partial charge >= 0.3 is 0 Å². The fourth-order valence-electron chi connectivity index (χ4n) is 1.79. The van der Waals surface area contributed by atoms with Gasteiger partial charge in [0.05, 0.1) is 11.4 Å². The number of benzene rings is 2. The van der Waals surface area contributed by atoms with E-state index in [1.807, 2.05) is 31.2 Å². The smallest absolute Gasteiger partial charge is 0.211 e. The standard InChI is InChI=1S/C13H8N2O2/c1-9-10-4-2-3-5-11(10)13(15-8-17)6-12(9)14-7-16/h2-6H,1H3. The zero-order valence-electron chi connectivity index (χ0n) is 9.10. The fourth-order valence-corrected chi connectivity index (χ4v) is 1.79. The lowest BCUT2D eigenvalue weighted by molar-refractivity contribution is 0.565. The van der Waals surface area contributed by atoms with Crippen molar-refractivity contribution in [3.63, 3.8) is 0 Å². The highest BCUT2D eigenvalue weighted by Gasteiger charge is 2.07. The minimum absolute atomic E-state index is 0.454. The Balaban J connectivity index is 2.93. The molecule has 2 aromatic carbocycles. The molecule has 0 aliphatic rings. The van der Waals surface area contributed by atoms with Crippen LogP contribution in [0.1, 0.15) is 5.56 Å². The average molecular weight is 224 g/mol. The van der Waals surface area contributed by atoms with E-state index in [0.717, 1.165) is 16.3 Å². The Morgan fingerprint density at radius 1 is 0.941 bits per heavy atom. The SMILES string of the molecule is Cc1c(N=C=O)cc(N=C=O)c2ccccc12. The van der Waals surface area contributed by atoms with Crippen molar-refractivity contribution >= 4 is 34.3 Å². The van der Waals surface area contributed by atoms with Crippen molar-refractivity contribution in [1.82, 2.24) is 0 Å². The maximum atomic E-state index is 10.4. The number of aryl methyl sites for hydroxylation is 1. The van der Waals surface area contributed by atoms with Gasteiger partial charge in [-0.25, -0.2) is 9.59 Å². The lowest BCUT2D eigenvalue weighted by atomic mass is 10.0. The van der Waals surface area contributed by atoms with Crippen LogP contribution in [0.25, 0.3) is 10.8 Å². The molecule has 17 heavy (non-hydrogen) atoms. The molecule has 2 aromatic rings. The molecule has 0 saturated carbocycles. The van der Waals surface area contributed by atoms with E-state index >= 15 is 0 Å². The Bertz CT molecular complexity index is 679. The maximum Gasteiger partial charge on any atom is 0.240 e. The second kappa shape index (κ2) is 4.54. The highest BCUT2D eigenvalue weighted by Crippen LogP contribution is 2.35. The highest BCUT2D eigenvalue weighted by molar-refractivity contribution is 5.98. The van der Waals surface area contributed by atoms with Crippen LogP contribution < -0.4 is 0 Å². The molecule has 0 bridgehead atoms. The number of hydrogen-bond acceptors (Lipinski definition) is 4. The normalized spacial score (nSPS) is 9.47. The lowest BCUT2D eigenvalue weighted by Gasteiger charge is -2.06. The van der Waals surface area contributed by atoms with Crippen molar-refractivity contribution in [1.29, 1.82) is 0 Å². The Kier molecular flexibility index (Phi) is 2.93. The van der Waals surface area contributed by atoms with Gasteiger partial charge in [0.15, 0.2) is 0 Å². The van der Waals surface area contributed by atoms with Gasteiger partial charge in [-0.1, -0.05) is 24.3 Å². The zero-order chi connectivity index (χ0) is 12.3. The van der Waals surface area contributed by atoms with Crippen LogP contribution in [0.5, 0.6) is 0 Å². The van der Waals surface area contributed by atoms with Gasteiger partial charge < -0.3 is 0 Å². The van der Waals surface area contributed by atoms with E-state index in [0.29, 0.717) is 11.4 Å². The summed E-state index contributed by atoms with van der Waals surface area (Å²) in [5.74, 6) is 0. The highest BCUT2D eigenvalue weighted by atomic mass is 16.1. The van der Waals surface area contributed by atoms with Gasteiger partial charge in [-0.15, -0.1) is 0 Å². The molecule has 0 atom stereocenters. The molecule has 0 aromatic heterocycles. The van der Waals surface area contributed by atoms with Crippen molar-refractivity contribution in [3.05, 3.63) is 35.9 Å². The second-order valence-corrected chi connectivity index (χ2v) is 3.49. The van der Waals surface area contributed by atoms with Crippen LogP contribution in [0.15, 0.2) is 40.3 Å². The molecule has 0 aliphatic carbocycles. The number of isocyanates is 2. The Labute approximate surface area is 97.3 Å². The van der Waals surface area contributed by atoms with Gasteiger partial charge in [-0.3, -0.25) is 0 Å². The summed E-state index contributed by atoms with van der Waals surface area (Å²) >= 11 is 0. The van der Waals surface area contributed by atoms with Crippen LogP contribution in [-0.4, -0.2) is 12.2 Å². The van der Waals surface area contributed by atoms with Crippen molar-refractivity contribution < 1.29 is 9.59 Å². The summed E-state index contributed by atoms with van der Waals surface area (Å²) < 4.78 is 0. The number of hydrogen-bond donors (Lipinski definition) is 0. The van der Waals surface area contributed by atoms with Crippen LogP contribution >= 0.6 is 0 Å². The van der Waals surface area contributed by atoms with E-state index < -0.39 is 0 Å². The summed E-state index contributed by atoms with van der Waals surface area (Å²) in [5, 5.41) is 1.73. The molecule has 0 unspecified atom stereocenters. The Morgan fingerprint density at radius 2 is 1.53 bits per heavy atom. The minimum atomic E-state index is 0.454. The Morgan fingerprint density at radius 3 is 2.18 bits per heavy atom. The fraction of sp³-hybridized carbons (Fsp3) is 0.0769. The summed E-state index contributed by atoms with van der Waals surface area (Å²) in [6.07, 6.45) is 2.99. The molecule has 4 heteroatoms. The van der Waals surface area contributed by atoms with E-state index in [9.17, 15) is 9.59 Å². The monoisotopic (exact) mass is 224 g/mol. The van der Waals surface area contributed by atoms with Crippen LogP contribution in [0.4, 0.5) is 11.4 Å². The van der Waals surface area contributed by atoms with E-state index in [1.165, 1.54) is 12.2 Å². The molecule has 0 spiro atoms. The number of nitrogens with zero attached hydrogens (tertiary/aromatic N) is 2. The first kappa shape index (κ1) is 11.0. The first-order chi connectivity index (χ1) is 8.27. The molecule has 0 fully saturated rings. The predicted octanol–water partition coefficient (Wildman–Crippen LogP) is 3.08. The molecule has 0 saturated heterocycles. The molecular weight excluding hydrogens is 216 g/mol. The van der Waals surface area contributed by atoms with Gasteiger partial charge in [0.2, 0.25) is 12.2 Å². The predicted molar refractivity (Wildman–Crippen MR) is 64.2 cm³/mol. The van der Waals surface area contributed by atoms with Crippen molar-refractivity contribution in [2.45, 2.75) is 6.92 Å². The number of rotatable bonds is 2. The molecule has 4 nitrogen and oxygen atoms in total. The van der Waals surface area contributed by atoms with Crippen molar-refractivity contribution in [2.24, 2.45) is 9.98 Å². The lowest BCUT2D eigenvalue weighted by Crippen LogP contribution is -1.81. The Hall–Kier alpha value is -2.54. The molecule has 0 radical (unpaired) electrons. The second-order valence-electron chi connectivity index (χ2n) is 3.49. The van der Waals surface area contributed by atoms with Crippen molar-refractivity contribution in [2.75, 3.05) is 0 Å². The third kappa shape index (κ3) is 1.91. The molecule has 2 rings (SSSR count). The van der Waals surface area contributed by atoms with E-state index in [1.54, 1.807) is 6.07 Å². The quantitative estimate of drug-likeness (QED) is 0.581. The van der Waals surface area contributed by atoms with Crippen LogP contribution in [0.3, 0.4) is 0 Å². The third-order valence-electron chi connectivity index (χ3n) is 2.60. The summed E-state index contributed by atoms with van der Waals surface area (Å²) in [7, 11) is 0. The van der Waals surface area contributed by atoms with Crippen molar-refractivity contribution in [3.8, 4) is 0 Å². The topological polar surface area (TPSA) is 58.9 Å². The first-order valence-corrected chi connectivity index (χ1v) is 4.96. The van der Waals surface area contributed by atoms with Crippen LogP contribution in [-0.2, 0) is 9.59 Å². The third-order valence-corrected chi connectivity index (χ3v) is 2.60. The van der Waals surface area contributed by atoms with Crippen LogP contribution in [0, 0.1) is 6.92 Å². The van der Waals surface area contributed by atoms with Gasteiger partial charge in [0.1, 0.15) is 0 Å².